The number of benzene rings is 4. The molecule has 2 aliphatic rings. The Balaban J connectivity index is 0.00000136. The summed E-state index contributed by atoms with van der Waals surface area (Å²) in [5, 5.41) is 0. The minimum absolute atomic E-state index is 0.172. The van der Waals surface area contributed by atoms with Gasteiger partial charge in [-0.05, 0) is 156 Å². The maximum atomic E-state index is 13.9. The fourth-order valence-electron chi connectivity index (χ4n) is 7.73. The first kappa shape index (κ1) is 36.8. The van der Waals surface area contributed by atoms with E-state index in [0.717, 1.165) is 68.5 Å². The quantitative estimate of drug-likeness (QED) is 0.143. The second-order valence-corrected chi connectivity index (χ2v) is 18.4. The minimum atomic E-state index is -0.826. The molecule has 2 heterocycles. The fraction of sp³-hybridized carbons (Fsp3) is 0.182. The van der Waals surface area contributed by atoms with Crippen molar-refractivity contribution in [3.05, 3.63) is 165 Å². The van der Waals surface area contributed by atoms with Crippen LogP contribution >= 0.6 is 17.0 Å². The number of hydrogen-bond donors (Lipinski definition) is 0. The molecule has 260 valence electrons. The average Bonchev–Trinajstić information content (AvgIpc) is 3.92. The summed E-state index contributed by atoms with van der Waals surface area (Å²) in [6.45, 7) is 8.23. The van der Waals surface area contributed by atoms with Crippen LogP contribution in [0.3, 0.4) is 0 Å². The Labute approximate surface area is 325 Å². The number of hydrogen-bond acceptors (Lipinski definition) is 2. The standard InChI is InChI=1S/C44H36F2O2Si.2ClH.Zr/c1-25-5-17-33-37(43(25)29-9-13-31(45)14-10-29)21-35(41-19-7-27(3)47-41)39(33)23-49-24-40-34-18-6-26(2)44(30-11-15-32(46)16-12-30)38(34)22-36(40)42-20-8-28(4)48-42;;;/h5-22,39-40H,23-24H2,1-4H3;2*1H;/q;;;+2/p-2. The second kappa shape index (κ2) is 15.8. The predicted octanol–water partition coefficient (Wildman–Crippen LogP) is 13.6. The second-order valence-electron chi connectivity index (χ2n) is 13.4. The number of aryl methyl sites for hydroxylation is 4. The van der Waals surface area contributed by atoms with Crippen molar-refractivity contribution in [1.29, 1.82) is 0 Å². The van der Waals surface area contributed by atoms with Gasteiger partial charge in [-0.25, -0.2) is 8.78 Å². The van der Waals surface area contributed by atoms with Crippen LogP contribution in [0.2, 0.25) is 12.1 Å². The number of rotatable bonds is 8. The molecule has 0 N–H and O–H groups in total. The van der Waals surface area contributed by atoms with Crippen LogP contribution < -0.4 is 0 Å². The van der Waals surface area contributed by atoms with E-state index >= 15 is 0 Å². The van der Waals surface area contributed by atoms with E-state index in [1.165, 1.54) is 57.7 Å². The molecule has 52 heavy (non-hydrogen) atoms. The molecule has 4 aromatic carbocycles. The monoisotopic (exact) mass is 822 g/mol. The molecule has 0 saturated carbocycles. The van der Waals surface area contributed by atoms with E-state index in [1.807, 2.05) is 50.2 Å². The normalized spacial score (nSPS) is 15.8. The van der Waals surface area contributed by atoms with Gasteiger partial charge in [-0.3, -0.25) is 0 Å². The Morgan fingerprint density at radius 3 is 1.29 bits per heavy atom. The summed E-state index contributed by atoms with van der Waals surface area (Å²) >= 11 is -0.826. The van der Waals surface area contributed by atoms with Gasteiger partial charge in [0.15, 0.2) is 0 Å². The van der Waals surface area contributed by atoms with Crippen molar-refractivity contribution >= 4 is 49.8 Å². The number of halogens is 4. The topological polar surface area (TPSA) is 26.3 Å². The SMILES string of the molecule is Cc1ccc(C2=Cc3c(ccc(C)c3-c3ccc(F)cc3)C2C[Si]CC2C(c3ccc(C)o3)=Cc3c2ccc(C)c3-c2ccc(F)cc2)o1.[Cl][Zr][Cl]. The van der Waals surface area contributed by atoms with E-state index in [-0.39, 0.29) is 23.5 Å². The molecule has 2 unspecified atom stereocenters. The van der Waals surface area contributed by atoms with Crippen LogP contribution in [0, 0.1) is 39.3 Å². The Bertz CT molecular complexity index is 2140. The number of furan rings is 2. The molecule has 2 aromatic heterocycles. The van der Waals surface area contributed by atoms with E-state index in [0.29, 0.717) is 9.52 Å². The third kappa shape index (κ3) is 7.33. The van der Waals surface area contributed by atoms with Gasteiger partial charge in [-0.2, -0.15) is 0 Å². The molecular weight excluding hydrogens is 789 g/mol. The molecule has 0 aliphatic heterocycles. The van der Waals surface area contributed by atoms with Gasteiger partial charge in [0.2, 0.25) is 0 Å². The van der Waals surface area contributed by atoms with Gasteiger partial charge in [0.25, 0.3) is 0 Å². The summed E-state index contributed by atoms with van der Waals surface area (Å²) in [4.78, 5) is 0. The van der Waals surface area contributed by atoms with Crippen molar-refractivity contribution < 1.29 is 38.5 Å². The fourth-order valence-corrected chi connectivity index (χ4v) is 9.36. The Morgan fingerprint density at radius 2 is 0.942 bits per heavy atom. The van der Waals surface area contributed by atoms with Crippen LogP contribution in [0.1, 0.15) is 68.3 Å². The number of allylic oxidation sites excluding steroid dienone is 2. The van der Waals surface area contributed by atoms with Crippen molar-refractivity contribution in [1.82, 2.24) is 0 Å². The van der Waals surface area contributed by atoms with Gasteiger partial charge >= 0.3 is 37.9 Å². The third-order valence-corrected chi connectivity index (χ3v) is 11.5. The van der Waals surface area contributed by atoms with Gasteiger partial charge < -0.3 is 8.83 Å². The molecule has 6 aromatic rings. The molecule has 2 atom stereocenters. The van der Waals surface area contributed by atoms with Crippen LogP contribution in [0.5, 0.6) is 0 Å². The van der Waals surface area contributed by atoms with E-state index in [9.17, 15) is 8.78 Å². The summed E-state index contributed by atoms with van der Waals surface area (Å²) in [5.74, 6) is 3.47. The first-order valence-corrected chi connectivity index (χ1v) is 24.9. The molecule has 0 fully saturated rings. The van der Waals surface area contributed by atoms with Gasteiger partial charge in [0.05, 0.1) is 0 Å². The number of fused-ring (bicyclic) bond motifs is 2. The van der Waals surface area contributed by atoms with Gasteiger partial charge in [-0.15, -0.1) is 0 Å². The van der Waals surface area contributed by atoms with Crippen molar-refractivity contribution in [2.45, 2.75) is 51.6 Å². The third-order valence-electron chi connectivity index (χ3n) is 10.1. The van der Waals surface area contributed by atoms with Gasteiger partial charge in [0, 0.05) is 32.5 Å². The summed E-state index contributed by atoms with van der Waals surface area (Å²) < 4.78 is 40.3. The molecule has 2 aliphatic carbocycles. The molecule has 0 amide bonds. The molecule has 0 spiro atoms. The van der Waals surface area contributed by atoms with E-state index < -0.39 is 20.8 Å². The summed E-state index contributed by atoms with van der Waals surface area (Å²) in [6.07, 6.45) is 4.60. The first-order chi connectivity index (χ1) is 25.2. The predicted molar refractivity (Wildman–Crippen MR) is 208 cm³/mol. The van der Waals surface area contributed by atoms with Crippen molar-refractivity contribution in [2.75, 3.05) is 0 Å². The summed E-state index contributed by atoms with van der Waals surface area (Å²) in [6, 6.07) is 32.8. The van der Waals surface area contributed by atoms with Crippen molar-refractivity contribution in [3.63, 3.8) is 0 Å². The van der Waals surface area contributed by atoms with Crippen LogP contribution in [0.25, 0.3) is 45.6 Å². The Kier molecular flexibility index (Phi) is 11.2. The first-order valence-electron chi connectivity index (χ1n) is 17.2. The summed E-state index contributed by atoms with van der Waals surface area (Å²) in [5.41, 5.74) is 14.0. The van der Waals surface area contributed by atoms with Crippen LogP contribution in [0.4, 0.5) is 8.78 Å². The summed E-state index contributed by atoms with van der Waals surface area (Å²) in [7, 11) is 10.5. The molecule has 8 heteroatoms. The van der Waals surface area contributed by atoms with Crippen LogP contribution in [-0.2, 0) is 20.8 Å². The van der Waals surface area contributed by atoms with Crippen molar-refractivity contribution in [3.8, 4) is 22.3 Å². The molecular formula is C44H36Cl2F2O2SiZr. The Morgan fingerprint density at radius 1 is 0.558 bits per heavy atom. The van der Waals surface area contributed by atoms with E-state index in [4.69, 9.17) is 25.9 Å². The molecule has 2 radical (unpaired) electrons. The molecule has 0 saturated heterocycles. The zero-order valence-corrected chi connectivity index (χ0v) is 34.3. The van der Waals surface area contributed by atoms with Gasteiger partial charge in [0.1, 0.15) is 34.7 Å². The molecule has 2 nitrogen and oxygen atoms in total. The van der Waals surface area contributed by atoms with Crippen LogP contribution in [-0.4, -0.2) is 9.52 Å². The Hall–Kier alpha value is -3.54. The van der Waals surface area contributed by atoms with Crippen LogP contribution in [0.15, 0.2) is 106 Å². The zero-order valence-electron chi connectivity index (χ0n) is 29.3. The molecule has 8 rings (SSSR count). The van der Waals surface area contributed by atoms with Gasteiger partial charge in [-0.1, -0.05) is 48.5 Å². The van der Waals surface area contributed by atoms with E-state index in [1.54, 1.807) is 0 Å². The zero-order chi connectivity index (χ0) is 36.5. The van der Waals surface area contributed by atoms with E-state index in [2.05, 4.69) is 62.4 Å². The average molecular weight is 825 g/mol. The maximum absolute atomic E-state index is 13.9. The molecule has 0 bridgehead atoms. The van der Waals surface area contributed by atoms with Crippen molar-refractivity contribution in [2.24, 2.45) is 0 Å².